The Morgan fingerprint density at radius 2 is 1.89 bits per heavy atom. The highest BCUT2D eigenvalue weighted by Gasteiger charge is 2.12. The van der Waals surface area contributed by atoms with Crippen molar-refractivity contribution in [2.24, 2.45) is 0 Å². The van der Waals surface area contributed by atoms with E-state index in [2.05, 4.69) is 0 Å². The zero-order valence-electron chi connectivity index (χ0n) is 10.6. The Balaban J connectivity index is 2.58. The van der Waals surface area contributed by atoms with Gasteiger partial charge in [0.15, 0.2) is 0 Å². The van der Waals surface area contributed by atoms with Crippen molar-refractivity contribution in [3.8, 4) is 16.9 Å². The summed E-state index contributed by atoms with van der Waals surface area (Å²) in [6, 6.07) is 8.98. The molecule has 0 amide bonds. The molecule has 0 spiro atoms. The van der Waals surface area contributed by atoms with E-state index >= 15 is 0 Å². The largest absolute Gasteiger partial charge is 0.497 e. The van der Waals surface area contributed by atoms with Crippen molar-refractivity contribution >= 4 is 5.97 Å². The van der Waals surface area contributed by atoms with Gasteiger partial charge < -0.3 is 9.84 Å². The van der Waals surface area contributed by atoms with Gasteiger partial charge in [0.25, 0.3) is 0 Å². The molecule has 2 aromatic rings. The van der Waals surface area contributed by atoms with E-state index in [-0.39, 0.29) is 11.1 Å². The predicted molar refractivity (Wildman–Crippen MR) is 70.1 cm³/mol. The average molecular weight is 260 g/mol. The molecule has 0 heterocycles. The van der Waals surface area contributed by atoms with E-state index in [1.165, 1.54) is 18.2 Å². The molecule has 0 fully saturated rings. The maximum absolute atomic E-state index is 13.9. The van der Waals surface area contributed by atoms with Crippen molar-refractivity contribution in [1.29, 1.82) is 0 Å². The fourth-order valence-corrected chi connectivity index (χ4v) is 1.93. The van der Waals surface area contributed by atoms with Gasteiger partial charge in [0.05, 0.1) is 12.7 Å². The maximum atomic E-state index is 13.9. The number of rotatable bonds is 3. The monoisotopic (exact) mass is 260 g/mol. The summed E-state index contributed by atoms with van der Waals surface area (Å²) in [5, 5.41) is 8.96. The third kappa shape index (κ3) is 2.57. The standard InChI is InChI=1S/C15H13FO3/c1-9-7-11(19-2)4-5-12(9)13-8-10(15(17)18)3-6-14(13)16/h3-8H,1-2H3,(H,17,18). The number of carbonyl (C=O) groups is 1. The highest BCUT2D eigenvalue weighted by molar-refractivity contribution is 5.89. The van der Waals surface area contributed by atoms with Crippen molar-refractivity contribution in [3.63, 3.8) is 0 Å². The van der Waals surface area contributed by atoms with Gasteiger partial charge in [-0.15, -0.1) is 0 Å². The van der Waals surface area contributed by atoms with E-state index in [1.54, 1.807) is 25.3 Å². The molecule has 0 aliphatic heterocycles. The molecule has 0 saturated heterocycles. The number of ether oxygens (including phenoxy) is 1. The first-order valence-corrected chi connectivity index (χ1v) is 5.71. The molecule has 3 nitrogen and oxygen atoms in total. The first-order valence-electron chi connectivity index (χ1n) is 5.71. The Morgan fingerprint density at radius 1 is 1.16 bits per heavy atom. The minimum atomic E-state index is -1.08. The lowest BCUT2D eigenvalue weighted by Gasteiger charge is -2.10. The van der Waals surface area contributed by atoms with E-state index in [4.69, 9.17) is 9.84 Å². The summed E-state index contributed by atoms with van der Waals surface area (Å²) in [5.41, 5.74) is 1.81. The highest BCUT2D eigenvalue weighted by atomic mass is 19.1. The van der Waals surface area contributed by atoms with Crippen LogP contribution in [0.25, 0.3) is 11.1 Å². The summed E-state index contributed by atoms with van der Waals surface area (Å²) in [6.45, 7) is 1.82. The zero-order chi connectivity index (χ0) is 14.0. The second-order valence-corrected chi connectivity index (χ2v) is 4.18. The molecule has 98 valence electrons. The van der Waals surface area contributed by atoms with Crippen molar-refractivity contribution in [3.05, 3.63) is 53.3 Å². The van der Waals surface area contributed by atoms with Crippen LogP contribution in [-0.4, -0.2) is 18.2 Å². The first-order chi connectivity index (χ1) is 9.02. The van der Waals surface area contributed by atoms with Gasteiger partial charge in [-0.3, -0.25) is 0 Å². The van der Waals surface area contributed by atoms with Gasteiger partial charge in [-0.1, -0.05) is 6.07 Å². The molecule has 2 aromatic carbocycles. The van der Waals surface area contributed by atoms with Gasteiger partial charge in [0, 0.05) is 5.56 Å². The van der Waals surface area contributed by atoms with Gasteiger partial charge in [0.2, 0.25) is 0 Å². The van der Waals surface area contributed by atoms with Gasteiger partial charge in [-0.2, -0.15) is 0 Å². The number of aryl methyl sites for hydroxylation is 1. The summed E-state index contributed by atoms with van der Waals surface area (Å²) in [5.74, 6) is -0.846. The van der Waals surface area contributed by atoms with Crippen LogP contribution in [-0.2, 0) is 0 Å². The van der Waals surface area contributed by atoms with E-state index < -0.39 is 11.8 Å². The summed E-state index contributed by atoms with van der Waals surface area (Å²) >= 11 is 0. The van der Waals surface area contributed by atoms with Gasteiger partial charge >= 0.3 is 5.97 Å². The SMILES string of the molecule is COc1ccc(-c2cc(C(=O)O)ccc2F)c(C)c1. The number of hydrogen-bond acceptors (Lipinski definition) is 2. The molecule has 0 aliphatic carbocycles. The van der Waals surface area contributed by atoms with Crippen molar-refractivity contribution in [2.75, 3.05) is 7.11 Å². The molecule has 1 N–H and O–H groups in total. The Morgan fingerprint density at radius 3 is 2.47 bits per heavy atom. The number of benzene rings is 2. The molecule has 0 aromatic heterocycles. The van der Waals surface area contributed by atoms with Crippen molar-refractivity contribution in [1.82, 2.24) is 0 Å². The minimum absolute atomic E-state index is 0.0617. The fraction of sp³-hybridized carbons (Fsp3) is 0.133. The van der Waals surface area contributed by atoms with Crippen LogP contribution >= 0.6 is 0 Å². The maximum Gasteiger partial charge on any atom is 0.335 e. The number of carboxylic acid groups (broad SMARTS) is 1. The van der Waals surface area contributed by atoms with Crippen molar-refractivity contribution in [2.45, 2.75) is 6.92 Å². The predicted octanol–water partition coefficient (Wildman–Crippen LogP) is 3.51. The average Bonchev–Trinajstić information content (AvgIpc) is 2.39. The van der Waals surface area contributed by atoms with Crippen LogP contribution in [0.5, 0.6) is 5.75 Å². The normalized spacial score (nSPS) is 10.3. The smallest absolute Gasteiger partial charge is 0.335 e. The van der Waals surface area contributed by atoms with E-state index in [0.29, 0.717) is 11.3 Å². The van der Waals surface area contributed by atoms with Crippen LogP contribution in [0.2, 0.25) is 0 Å². The summed E-state index contributed by atoms with van der Waals surface area (Å²) in [6.07, 6.45) is 0. The summed E-state index contributed by atoms with van der Waals surface area (Å²) in [4.78, 5) is 10.9. The number of carboxylic acids is 1. The molecule has 2 rings (SSSR count). The zero-order valence-corrected chi connectivity index (χ0v) is 10.6. The highest BCUT2D eigenvalue weighted by Crippen LogP contribution is 2.29. The summed E-state index contributed by atoms with van der Waals surface area (Å²) in [7, 11) is 1.56. The van der Waals surface area contributed by atoms with Gasteiger partial charge in [0.1, 0.15) is 11.6 Å². The first kappa shape index (κ1) is 13.1. The van der Waals surface area contributed by atoms with Crippen LogP contribution < -0.4 is 4.74 Å². The fourth-order valence-electron chi connectivity index (χ4n) is 1.93. The van der Waals surface area contributed by atoms with Crippen molar-refractivity contribution < 1.29 is 19.0 Å². The third-order valence-electron chi connectivity index (χ3n) is 2.94. The molecule has 0 saturated carbocycles. The topological polar surface area (TPSA) is 46.5 Å². The molecular weight excluding hydrogens is 247 g/mol. The lowest BCUT2D eigenvalue weighted by atomic mass is 9.98. The van der Waals surface area contributed by atoms with Crippen LogP contribution in [0, 0.1) is 12.7 Å². The molecule has 0 bridgehead atoms. The number of halogens is 1. The molecule has 0 aliphatic rings. The molecular formula is C15H13FO3. The second-order valence-electron chi connectivity index (χ2n) is 4.18. The lowest BCUT2D eigenvalue weighted by molar-refractivity contribution is 0.0697. The van der Waals surface area contributed by atoms with E-state index in [9.17, 15) is 9.18 Å². The third-order valence-corrected chi connectivity index (χ3v) is 2.94. The molecule has 0 unspecified atom stereocenters. The Hall–Kier alpha value is -2.36. The Bertz CT molecular complexity index is 635. The minimum Gasteiger partial charge on any atom is -0.497 e. The Kier molecular flexibility index (Phi) is 3.51. The molecule has 0 atom stereocenters. The van der Waals surface area contributed by atoms with Gasteiger partial charge in [-0.25, -0.2) is 9.18 Å². The quantitative estimate of drug-likeness (QED) is 0.918. The van der Waals surface area contributed by atoms with Crippen LogP contribution in [0.15, 0.2) is 36.4 Å². The van der Waals surface area contributed by atoms with Crippen LogP contribution in [0.3, 0.4) is 0 Å². The van der Waals surface area contributed by atoms with E-state index in [0.717, 1.165) is 5.56 Å². The summed E-state index contributed by atoms with van der Waals surface area (Å²) < 4.78 is 18.9. The van der Waals surface area contributed by atoms with Crippen LogP contribution in [0.4, 0.5) is 4.39 Å². The van der Waals surface area contributed by atoms with E-state index in [1.807, 2.05) is 6.92 Å². The number of aromatic carboxylic acids is 1. The lowest BCUT2D eigenvalue weighted by Crippen LogP contribution is -1.98. The van der Waals surface area contributed by atoms with Gasteiger partial charge in [-0.05, 0) is 48.4 Å². The number of methoxy groups -OCH3 is 1. The molecule has 0 radical (unpaired) electrons. The molecule has 19 heavy (non-hydrogen) atoms. The number of hydrogen-bond donors (Lipinski definition) is 1. The van der Waals surface area contributed by atoms with Crippen LogP contribution in [0.1, 0.15) is 15.9 Å². The Labute approximate surface area is 110 Å². The molecule has 4 heteroatoms. The second kappa shape index (κ2) is 5.10.